The van der Waals surface area contributed by atoms with Gasteiger partial charge in [-0.15, -0.1) is 0 Å². The molecule has 0 saturated carbocycles. The molecule has 8 heteroatoms. The molecule has 11 heavy (non-hydrogen) atoms. The van der Waals surface area contributed by atoms with Gasteiger partial charge in [-0.3, -0.25) is 0 Å². The van der Waals surface area contributed by atoms with Crippen molar-refractivity contribution in [3.63, 3.8) is 0 Å². The van der Waals surface area contributed by atoms with Crippen molar-refractivity contribution in [3.05, 3.63) is 0 Å². The lowest BCUT2D eigenvalue weighted by molar-refractivity contribution is -0.342. The SMILES string of the molecule is [NH]C(F)(C(F)(F)F)C(F)(F)F. The van der Waals surface area contributed by atoms with Crippen molar-refractivity contribution < 1.29 is 30.7 Å². The fourth-order valence-corrected chi connectivity index (χ4v) is 0.161. The lowest BCUT2D eigenvalue weighted by Crippen LogP contribution is -2.54. The molecule has 0 aliphatic heterocycles. The quantitative estimate of drug-likeness (QED) is 0.406. The van der Waals surface area contributed by atoms with Gasteiger partial charge in [0.25, 0.3) is 0 Å². The summed E-state index contributed by atoms with van der Waals surface area (Å²) in [5.74, 6) is -5.88. The van der Waals surface area contributed by atoms with E-state index in [0.29, 0.717) is 0 Å². The number of hydrogen-bond acceptors (Lipinski definition) is 0. The highest BCUT2D eigenvalue weighted by Crippen LogP contribution is 2.43. The standard InChI is InChI=1S/C3HF7N/c4-1(11,2(5,6)7)3(8,9)10/h11H. The van der Waals surface area contributed by atoms with Gasteiger partial charge in [-0.05, 0) is 0 Å². The molecule has 0 bridgehead atoms. The van der Waals surface area contributed by atoms with E-state index < -0.39 is 18.1 Å². The first kappa shape index (κ1) is 10.5. The van der Waals surface area contributed by atoms with Crippen LogP contribution in [0.15, 0.2) is 0 Å². The zero-order chi connectivity index (χ0) is 9.50. The van der Waals surface area contributed by atoms with E-state index in [9.17, 15) is 30.7 Å². The van der Waals surface area contributed by atoms with Crippen molar-refractivity contribution in [2.75, 3.05) is 0 Å². The summed E-state index contributed by atoms with van der Waals surface area (Å²) in [5, 5.41) is 0. The molecular formula is C3HF7N. The summed E-state index contributed by atoms with van der Waals surface area (Å²) in [6.45, 7) is 0. The Bertz CT molecular complexity index is 125. The lowest BCUT2D eigenvalue weighted by Gasteiger charge is -2.24. The minimum Gasteiger partial charge on any atom is -0.204 e. The first-order valence-corrected chi connectivity index (χ1v) is 2.07. The Hall–Kier alpha value is -0.530. The van der Waals surface area contributed by atoms with Crippen LogP contribution in [-0.2, 0) is 0 Å². The number of hydrogen-bond donors (Lipinski definition) is 0. The Balaban J connectivity index is 4.75. The third kappa shape index (κ3) is 1.73. The molecule has 1 radical (unpaired) electrons. The zero-order valence-corrected chi connectivity index (χ0v) is 4.65. The van der Waals surface area contributed by atoms with E-state index in [1.165, 1.54) is 0 Å². The first-order valence-electron chi connectivity index (χ1n) is 2.07. The number of nitrogens with one attached hydrogen (secondary N) is 1. The van der Waals surface area contributed by atoms with E-state index in [0.717, 1.165) is 0 Å². The van der Waals surface area contributed by atoms with Crippen molar-refractivity contribution in [1.82, 2.24) is 5.73 Å². The van der Waals surface area contributed by atoms with E-state index in [1.54, 1.807) is 0 Å². The van der Waals surface area contributed by atoms with Gasteiger partial charge in [-0.2, -0.15) is 26.3 Å². The molecule has 0 aliphatic rings. The Labute approximate surface area is 56.0 Å². The Kier molecular flexibility index (Phi) is 2.12. The number of alkyl halides is 7. The van der Waals surface area contributed by atoms with Gasteiger partial charge in [0.05, 0.1) is 0 Å². The predicted octanol–water partition coefficient (Wildman–Crippen LogP) is 2.06. The van der Waals surface area contributed by atoms with Crippen LogP contribution >= 0.6 is 0 Å². The molecule has 0 heterocycles. The molecule has 0 spiro atoms. The smallest absolute Gasteiger partial charge is 0.204 e. The summed E-state index contributed by atoms with van der Waals surface area (Å²) in [6, 6.07) is 0. The lowest BCUT2D eigenvalue weighted by atomic mass is 10.2. The summed E-state index contributed by atoms with van der Waals surface area (Å²) >= 11 is 0. The van der Waals surface area contributed by atoms with E-state index >= 15 is 0 Å². The van der Waals surface area contributed by atoms with Crippen LogP contribution in [0.1, 0.15) is 0 Å². The maximum absolute atomic E-state index is 11.5. The van der Waals surface area contributed by atoms with Gasteiger partial charge < -0.3 is 0 Å². The van der Waals surface area contributed by atoms with Gasteiger partial charge >= 0.3 is 18.1 Å². The highest BCUT2D eigenvalue weighted by Gasteiger charge is 2.71. The van der Waals surface area contributed by atoms with Crippen LogP contribution in [0, 0.1) is 0 Å². The van der Waals surface area contributed by atoms with Gasteiger partial charge in [0.15, 0.2) is 0 Å². The second-order valence-corrected chi connectivity index (χ2v) is 1.65. The molecule has 0 rings (SSSR count). The third-order valence-electron chi connectivity index (χ3n) is 0.781. The fourth-order valence-electron chi connectivity index (χ4n) is 0.161. The van der Waals surface area contributed by atoms with Crippen LogP contribution in [0.25, 0.3) is 0 Å². The molecule has 0 aliphatic carbocycles. The van der Waals surface area contributed by atoms with Gasteiger partial charge in [0.2, 0.25) is 0 Å². The third-order valence-corrected chi connectivity index (χ3v) is 0.781. The van der Waals surface area contributed by atoms with Gasteiger partial charge in [-0.25, -0.2) is 10.1 Å². The topological polar surface area (TPSA) is 23.8 Å². The molecule has 0 aromatic carbocycles. The van der Waals surface area contributed by atoms with Crippen molar-refractivity contribution in [1.29, 1.82) is 0 Å². The highest BCUT2D eigenvalue weighted by atomic mass is 19.4. The van der Waals surface area contributed by atoms with Gasteiger partial charge in [-0.1, -0.05) is 0 Å². The zero-order valence-electron chi connectivity index (χ0n) is 4.65. The maximum atomic E-state index is 11.5. The molecule has 0 amide bonds. The van der Waals surface area contributed by atoms with Crippen molar-refractivity contribution >= 4 is 0 Å². The second kappa shape index (κ2) is 2.23. The molecule has 0 fully saturated rings. The average molecular weight is 184 g/mol. The molecule has 0 saturated heterocycles. The summed E-state index contributed by atoms with van der Waals surface area (Å²) in [7, 11) is 0. The van der Waals surface area contributed by atoms with Crippen molar-refractivity contribution in [3.8, 4) is 0 Å². The molecule has 0 aromatic rings. The molecule has 1 N–H and O–H groups in total. The van der Waals surface area contributed by atoms with Crippen LogP contribution in [0.5, 0.6) is 0 Å². The maximum Gasteiger partial charge on any atom is 0.447 e. The second-order valence-electron chi connectivity index (χ2n) is 1.65. The van der Waals surface area contributed by atoms with Crippen molar-refractivity contribution in [2.24, 2.45) is 0 Å². The monoisotopic (exact) mass is 184 g/mol. The molecule has 0 aromatic heterocycles. The molecule has 1 nitrogen and oxygen atoms in total. The summed E-state index contributed by atoms with van der Waals surface area (Å²) in [4.78, 5) is 0. The minimum absolute atomic E-state index is 5.31. The van der Waals surface area contributed by atoms with Crippen LogP contribution in [0.4, 0.5) is 30.7 Å². The molecule has 0 unspecified atom stereocenters. The van der Waals surface area contributed by atoms with Crippen LogP contribution < -0.4 is 5.73 Å². The normalized spacial score (nSPS) is 15.3. The number of rotatable bonds is 0. The van der Waals surface area contributed by atoms with E-state index in [-0.39, 0.29) is 0 Å². The Morgan fingerprint density at radius 2 is 0.818 bits per heavy atom. The fraction of sp³-hybridized carbons (Fsp3) is 1.00. The van der Waals surface area contributed by atoms with Crippen LogP contribution in [0.3, 0.4) is 0 Å². The van der Waals surface area contributed by atoms with Gasteiger partial charge in [0, 0.05) is 0 Å². The molecule has 0 atom stereocenters. The Morgan fingerprint density at radius 1 is 0.636 bits per heavy atom. The predicted molar refractivity (Wildman–Crippen MR) is 19.0 cm³/mol. The Morgan fingerprint density at radius 3 is 0.818 bits per heavy atom. The highest BCUT2D eigenvalue weighted by molar-refractivity contribution is 4.87. The van der Waals surface area contributed by atoms with E-state index in [2.05, 4.69) is 0 Å². The molecule has 67 valence electrons. The first-order chi connectivity index (χ1) is 4.50. The average Bonchev–Trinajstić information content (AvgIpc) is 1.58. The van der Waals surface area contributed by atoms with E-state index in [1.807, 2.05) is 0 Å². The summed E-state index contributed by atoms with van der Waals surface area (Å²) in [5.41, 5.74) is 5.31. The van der Waals surface area contributed by atoms with Gasteiger partial charge in [0.1, 0.15) is 0 Å². The molecular weight excluding hydrogens is 183 g/mol. The van der Waals surface area contributed by atoms with Crippen LogP contribution in [-0.4, -0.2) is 18.1 Å². The summed E-state index contributed by atoms with van der Waals surface area (Å²) < 4.78 is 77.8. The van der Waals surface area contributed by atoms with Crippen molar-refractivity contribution in [2.45, 2.75) is 18.1 Å². The minimum atomic E-state index is -6.24. The van der Waals surface area contributed by atoms with E-state index in [4.69, 9.17) is 5.73 Å². The summed E-state index contributed by atoms with van der Waals surface area (Å²) in [6.07, 6.45) is -12.5. The largest absolute Gasteiger partial charge is 0.447 e. The van der Waals surface area contributed by atoms with Crippen LogP contribution in [0.2, 0.25) is 0 Å². The number of halogens is 7.